The zero-order chi connectivity index (χ0) is 84.5. The Morgan fingerprint density at radius 1 is 0.298 bits per heavy atom. The molecule has 0 aliphatic heterocycles. The molecule has 0 amide bonds. The van der Waals surface area contributed by atoms with Crippen LogP contribution in [0.25, 0.3) is 0 Å². The van der Waals surface area contributed by atoms with Gasteiger partial charge in [0.2, 0.25) is 0 Å². The van der Waals surface area contributed by atoms with Gasteiger partial charge in [-0.1, -0.05) is 142 Å². The van der Waals surface area contributed by atoms with Crippen molar-refractivity contribution < 1.29 is 116 Å². The van der Waals surface area contributed by atoms with Crippen LogP contribution in [0.2, 0.25) is 0 Å². The molecule has 6 atom stereocenters. The van der Waals surface area contributed by atoms with Crippen molar-refractivity contribution in [1.29, 1.82) is 0 Å². The molecule has 0 saturated carbocycles. The molecule has 0 fully saturated rings. The molecule has 0 aliphatic carbocycles. The maximum atomic E-state index is 12.8. The molecule has 0 spiro atoms. The second kappa shape index (κ2) is 43.0. The number of hydrogen-bond acceptors (Lipinski definition) is 24. The summed E-state index contributed by atoms with van der Waals surface area (Å²) in [6, 6.07) is 29.9. The summed E-state index contributed by atoms with van der Waals surface area (Å²) in [5, 5.41) is 68.1. The van der Waals surface area contributed by atoms with E-state index >= 15 is 0 Å². The third kappa shape index (κ3) is 29.1. The van der Waals surface area contributed by atoms with Gasteiger partial charge in [0.05, 0.1) is 5.41 Å². The number of benzene rings is 6. The highest BCUT2D eigenvalue weighted by Crippen LogP contribution is 2.44. The summed E-state index contributed by atoms with van der Waals surface area (Å²) >= 11 is 0. The topological polar surface area (TPSA) is 335 Å². The lowest BCUT2D eigenvalue weighted by Crippen LogP contribution is -2.30. The predicted octanol–water partition coefficient (Wildman–Crippen LogP) is 11.2. The van der Waals surface area contributed by atoms with Crippen molar-refractivity contribution in [1.82, 2.24) is 0 Å². The first kappa shape index (κ1) is 92.3. The number of ether oxygens (including phenoxy) is 12. The molecule has 24 nitrogen and oxygen atoms in total. The fourth-order valence-electron chi connectivity index (χ4n) is 11.3. The van der Waals surface area contributed by atoms with Crippen LogP contribution in [-0.4, -0.2) is 182 Å². The highest BCUT2D eigenvalue weighted by atomic mass is 16.6. The monoisotopic (exact) mass is 1580 g/mol. The zero-order valence-electron chi connectivity index (χ0n) is 68.1. The van der Waals surface area contributed by atoms with Gasteiger partial charge in [0.1, 0.15) is 150 Å². The maximum Gasteiger partial charge on any atom is 0.333 e. The molecule has 6 N–H and O–H groups in total. The van der Waals surface area contributed by atoms with Crippen molar-refractivity contribution in [2.24, 2.45) is 5.41 Å². The van der Waals surface area contributed by atoms with Crippen LogP contribution in [0.4, 0.5) is 0 Å². The summed E-state index contributed by atoms with van der Waals surface area (Å²) < 4.78 is 71.4. The Morgan fingerprint density at radius 2 is 0.500 bits per heavy atom. The van der Waals surface area contributed by atoms with Crippen LogP contribution >= 0.6 is 0 Å². The third-order valence-corrected chi connectivity index (χ3v) is 17.7. The number of rotatable bonds is 45. The molecular weight excluding hydrogens is 1460 g/mol. The minimum Gasteiger partial charge on any atom is -0.490 e. The average Bonchev–Trinajstić information content (AvgIpc) is 0.758. The van der Waals surface area contributed by atoms with Crippen molar-refractivity contribution in [3.05, 3.63) is 236 Å². The summed E-state index contributed by atoms with van der Waals surface area (Å²) in [5.41, 5.74) is 7.94. The molecule has 6 rings (SSSR count). The van der Waals surface area contributed by atoms with Gasteiger partial charge in [0.15, 0.2) is 0 Å². The minimum atomic E-state index is -1.38. The van der Waals surface area contributed by atoms with Crippen LogP contribution in [0.3, 0.4) is 0 Å². The van der Waals surface area contributed by atoms with Crippen LogP contribution in [0.1, 0.15) is 147 Å². The summed E-state index contributed by atoms with van der Waals surface area (Å²) in [4.78, 5) is 75.6. The van der Waals surface area contributed by atoms with Gasteiger partial charge in [0, 0.05) is 59.0 Å². The largest absolute Gasteiger partial charge is 0.490 e. The van der Waals surface area contributed by atoms with Gasteiger partial charge in [-0.3, -0.25) is 4.79 Å². The standard InChI is InChI=1S/C90H112O24/c1-52(2)83(97)109-46-71(91)40-103-77-24-20-57(11)28-61(77)32-65-36-69(37-66(81(65)107-44-75(95)49-112-86(100)55(7)8)33-62-29-58(12)21-25-78(62)104-41-72(92)47-110-84(98)53(3)4)90(18,19)70-38-67(34-63-30-59(13)22-26-79(63)105-42-73(93)48-111-85(99)54(5)6)82(108-45-76(96)50-113-87(101)56(9)10)68(39-70)35-64-31-60(14)23-27-80(64)106-43-74(94)51-114-88(102)89(15,16)17/h20-31,36-39,71-76,91-96H,1,3,5,7,9,32-35,40-51H2,2,4,6,8,10-19H3. The quantitative estimate of drug-likeness (QED) is 0.0117. The fourth-order valence-corrected chi connectivity index (χ4v) is 11.3. The maximum absolute atomic E-state index is 12.8. The first-order valence-corrected chi connectivity index (χ1v) is 37.4. The zero-order valence-corrected chi connectivity index (χ0v) is 68.1. The Labute approximate surface area is 668 Å². The highest BCUT2D eigenvalue weighted by Gasteiger charge is 2.32. The van der Waals surface area contributed by atoms with Crippen LogP contribution in [0.5, 0.6) is 34.5 Å². The van der Waals surface area contributed by atoms with Crippen LogP contribution in [-0.2, 0) is 88.3 Å². The van der Waals surface area contributed by atoms with Crippen molar-refractivity contribution in [2.75, 3.05) is 79.3 Å². The van der Waals surface area contributed by atoms with Crippen LogP contribution < -0.4 is 28.4 Å². The summed E-state index contributed by atoms with van der Waals surface area (Å²) in [5.74, 6) is -2.07. The van der Waals surface area contributed by atoms with E-state index in [1.54, 1.807) is 45.0 Å². The van der Waals surface area contributed by atoms with E-state index in [4.69, 9.17) is 56.8 Å². The number of aryl methyl sites for hydroxylation is 4. The van der Waals surface area contributed by atoms with Crippen LogP contribution in [0.15, 0.2) is 158 Å². The number of carbonyl (C=O) groups excluding carboxylic acids is 6. The molecule has 0 heterocycles. The second-order valence-electron chi connectivity index (χ2n) is 30.6. The first-order chi connectivity index (χ1) is 53.6. The van der Waals surface area contributed by atoms with Gasteiger partial charge in [-0.15, -0.1) is 0 Å². The third-order valence-electron chi connectivity index (χ3n) is 17.7. The Bertz CT molecular complexity index is 4330. The molecule has 0 saturated heterocycles. The van der Waals surface area contributed by atoms with E-state index in [0.717, 1.165) is 22.3 Å². The molecule has 0 aliphatic rings. The molecule has 616 valence electrons. The van der Waals surface area contributed by atoms with Gasteiger partial charge < -0.3 is 87.5 Å². The number of esters is 6. The average molecular weight is 1580 g/mol. The molecule has 0 radical (unpaired) electrons. The Hall–Kier alpha value is -10.6. The summed E-state index contributed by atoms with van der Waals surface area (Å²) in [6.45, 7) is 37.9. The van der Waals surface area contributed by atoms with E-state index in [1.165, 1.54) is 34.6 Å². The van der Waals surface area contributed by atoms with E-state index in [-0.39, 0.29) is 98.1 Å². The van der Waals surface area contributed by atoms with Crippen molar-refractivity contribution in [2.45, 2.75) is 165 Å². The molecule has 0 bridgehead atoms. The van der Waals surface area contributed by atoms with Gasteiger partial charge in [-0.2, -0.15) is 0 Å². The van der Waals surface area contributed by atoms with Crippen molar-refractivity contribution in [3.63, 3.8) is 0 Å². The summed E-state index contributed by atoms with van der Waals surface area (Å²) in [6.07, 6.45) is -7.60. The van der Waals surface area contributed by atoms with E-state index in [9.17, 15) is 59.4 Å². The Balaban J connectivity index is 1.70. The minimum absolute atomic E-state index is 0.0509. The first-order valence-electron chi connectivity index (χ1n) is 37.4. The lowest BCUT2D eigenvalue weighted by molar-refractivity contribution is -0.156. The molecule has 114 heavy (non-hydrogen) atoms. The van der Waals surface area contributed by atoms with Gasteiger partial charge in [-0.05, 0) is 163 Å². The fraction of sp³-hybridized carbons (Fsp3) is 0.422. The highest BCUT2D eigenvalue weighted by molar-refractivity contribution is 5.88. The normalized spacial score (nSPS) is 12.9. The smallest absolute Gasteiger partial charge is 0.333 e. The van der Waals surface area contributed by atoms with Crippen molar-refractivity contribution in [3.8, 4) is 34.5 Å². The molecule has 24 heteroatoms. The van der Waals surface area contributed by atoms with Gasteiger partial charge >= 0.3 is 35.8 Å². The molecular formula is C90H112O24. The van der Waals surface area contributed by atoms with Gasteiger partial charge in [-0.25, -0.2) is 24.0 Å². The molecule has 6 aromatic carbocycles. The van der Waals surface area contributed by atoms with Gasteiger partial charge in [0.25, 0.3) is 0 Å². The number of aliphatic hydroxyl groups excluding tert-OH is 6. The lowest BCUT2D eigenvalue weighted by Gasteiger charge is -2.31. The van der Waals surface area contributed by atoms with Crippen molar-refractivity contribution >= 4 is 35.8 Å². The van der Waals surface area contributed by atoms with E-state index in [0.29, 0.717) is 78.6 Å². The molecule has 6 aromatic rings. The van der Waals surface area contributed by atoms with E-state index in [1.807, 2.05) is 114 Å². The predicted molar refractivity (Wildman–Crippen MR) is 429 cm³/mol. The lowest BCUT2D eigenvalue weighted by atomic mass is 9.74. The Kier molecular flexibility index (Phi) is 34.8. The van der Waals surface area contributed by atoms with Crippen LogP contribution in [0, 0.1) is 33.1 Å². The molecule has 6 unspecified atom stereocenters. The summed E-state index contributed by atoms with van der Waals surface area (Å²) in [7, 11) is 0. The number of carbonyl (C=O) groups is 6. The van der Waals surface area contributed by atoms with E-state index < -0.39 is 130 Å². The Morgan fingerprint density at radius 3 is 0.702 bits per heavy atom. The van der Waals surface area contributed by atoms with E-state index in [2.05, 4.69) is 32.9 Å². The molecule has 0 aromatic heterocycles. The second-order valence-corrected chi connectivity index (χ2v) is 30.6. The number of hydrogen-bond donors (Lipinski definition) is 6. The number of aliphatic hydroxyl groups is 6. The SMILES string of the molecule is C=C(C)C(=O)OCC(O)COc1ccc(C)cc1Cc1cc(C(C)(C)c2cc(Cc3cc(C)ccc3OCC(O)COC(=O)C(=C)C)c(OCC(O)COC(=O)C(=C)C)c(Cc3cc(C)ccc3OCC(O)COC(=O)C(C)(C)C)c2)cc(Cc2cc(C)ccc2OCC(O)COC(=O)C(=C)C)c1OCC(O)COC(=O)C(=C)C.